The molecule has 0 amide bonds. The van der Waals surface area contributed by atoms with Crippen molar-refractivity contribution in [3.63, 3.8) is 0 Å². The van der Waals surface area contributed by atoms with E-state index in [0.29, 0.717) is 5.69 Å². The topological polar surface area (TPSA) is 46.2 Å². The van der Waals surface area contributed by atoms with Crippen molar-refractivity contribution in [2.75, 3.05) is 23.8 Å². The van der Waals surface area contributed by atoms with E-state index in [1.54, 1.807) is 20.8 Å². The Morgan fingerprint density at radius 1 is 1.20 bits per heavy atom. The Bertz CT molecular complexity index is 621. The van der Waals surface area contributed by atoms with Crippen LogP contribution in [0.1, 0.15) is 26.3 Å². The SMILES string of the molecule is CC(C)(C)Nc1nc(OCC(F)(F)F)cc2c1NCC(C(F)(F)F)C2. The number of nitrogens with one attached hydrogen (secondary N) is 2. The summed E-state index contributed by atoms with van der Waals surface area (Å²) < 4.78 is 80.5. The van der Waals surface area contributed by atoms with Crippen LogP contribution >= 0.6 is 0 Å². The number of rotatable bonds is 3. The smallest absolute Gasteiger partial charge is 0.422 e. The molecule has 4 nitrogen and oxygen atoms in total. The summed E-state index contributed by atoms with van der Waals surface area (Å²) in [6.45, 7) is 3.51. The zero-order valence-electron chi connectivity index (χ0n) is 13.9. The predicted molar refractivity (Wildman–Crippen MR) is 80.9 cm³/mol. The summed E-state index contributed by atoms with van der Waals surface area (Å²) in [6.07, 6.45) is -9.32. The molecule has 1 aromatic heterocycles. The maximum atomic E-state index is 13.0. The Morgan fingerprint density at radius 2 is 1.84 bits per heavy atom. The molecular formula is C15H19F6N3O. The van der Waals surface area contributed by atoms with E-state index in [1.165, 1.54) is 0 Å². The summed E-state index contributed by atoms with van der Waals surface area (Å²) >= 11 is 0. The van der Waals surface area contributed by atoms with E-state index in [0.717, 1.165) is 6.07 Å². The van der Waals surface area contributed by atoms with Crippen molar-refractivity contribution in [2.24, 2.45) is 5.92 Å². The van der Waals surface area contributed by atoms with Gasteiger partial charge in [0.2, 0.25) is 5.88 Å². The Labute approximate surface area is 141 Å². The Kier molecular flexibility index (Phi) is 5.02. The molecule has 25 heavy (non-hydrogen) atoms. The van der Waals surface area contributed by atoms with E-state index in [1.807, 2.05) is 0 Å². The average Bonchev–Trinajstić information content (AvgIpc) is 2.41. The highest BCUT2D eigenvalue weighted by molar-refractivity contribution is 5.71. The molecule has 0 aromatic carbocycles. The van der Waals surface area contributed by atoms with Crippen LogP contribution in [-0.4, -0.2) is 36.0 Å². The minimum Gasteiger partial charge on any atom is -0.468 e. The standard InChI is InChI=1S/C15H19F6N3O/c1-13(2,3)24-12-11-8(4-9(6-22-11)15(19,20)21)5-10(23-12)25-7-14(16,17)18/h5,9,22H,4,6-7H2,1-3H3,(H,23,24). The molecule has 0 aliphatic carbocycles. The number of pyridine rings is 1. The van der Waals surface area contributed by atoms with Gasteiger partial charge < -0.3 is 15.4 Å². The number of hydrogen-bond acceptors (Lipinski definition) is 4. The largest absolute Gasteiger partial charge is 0.468 e. The number of aromatic nitrogens is 1. The van der Waals surface area contributed by atoms with Crippen LogP contribution in [-0.2, 0) is 6.42 Å². The summed E-state index contributed by atoms with van der Waals surface area (Å²) in [4.78, 5) is 3.98. The Balaban J connectivity index is 2.36. The van der Waals surface area contributed by atoms with Crippen LogP contribution < -0.4 is 15.4 Å². The number of nitrogens with zero attached hydrogens (tertiary/aromatic N) is 1. The van der Waals surface area contributed by atoms with Gasteiger partial charge in [-0.25, -0.2) is 0 Å². The zero-order valence-corrected chi connectivity index (χ0v) is 13.9. The molecule has 0 fully saturated rings. The van der Waals surface area contributed by atoms with E-state index in [2.05, 4.69) is 20.4 Å². The van der Waals surface area contributed by atoms with Crippen LogP contribution in [0.3, 0.4) is 0 Å². The normalized spacial score (nSPS) is 18.4. The van der Waals surface area contributed by atoms with Crippen molar-refractivity contribution < 1.29 is 31.1 Å². The van der Waals surface area contributed by atoms with Gasteiger partial charge in [0.15, 0.2) is 12.4 Å². The third kappa shape index (κ3) is 5.57. The number of ether oxygens (including phenoxy) is 1. The molecule has 1 atom stereocenters. The number of hydrogen-bond donors (Lipinski definition) is 2. The summed E-state index contributed by atoms with van der Waals surface area (Å²) in [5.74, 6) is -1.82. The second-order valence-electron chi connectivity index (χ2n) is 6.95. The van der Waals surface area contributed by atoms with Crippen molar-refractivity contribution in [1.82, 2.24) is 4.98 Å². The van der Waals surface area contributed by atoms with Crippen LogP contribution in [0.2, 0.25) is 0 Å². The second-order valence-corrected chi connectivity index (χ2v) is 6.95. The summed E-state index contributed by atoms with van der Waals surface area (Å²) in [6, 6.07) is 1.12. The fourth-order valence-electron chi connectivity index (χ4n) is 2.40. The molecular weight excluding hydrogens is 352 g/mol. The van der Waals surface area contributed by atoms with E-state index in [9.17, 15) is 26.3 Å². The van der Waals surface area contributed by atoms with Crippen LogP contribution in [0.15, 0.2) is 6.07 Å². The highest BCUT2D eigenvalue weighted by Gasteiger charge is 2.42. The van der Waals surface area contributed by atoms with Crippen LogP contribution in [0.5, 0.6) is 5.88 Å². The van der Waals surface area contributed by atoms with E-state index in [4.69, 9.17) is 0 Å². The lowest BCUT2D eigenvalue weighted by Crippen LogP contribution is -2.36. The first-order chi connectivity index (χ1) is 11.2. The van der Waals surface area contributed by atoms with Gasteiger partial charge in [0.25, 0.3) is 0 Å². The minimum atomic E-state index is -4.57. The van der Waals surface area contributed by atoms with Gasteiger partial charge in [0.1, 0.15) is 0 Å². The zero-order chi connectivity index (χ0) is 19.0. The van der Waals surface area contributed by atoms with Crippen molar-refractivity contribution in [3.05, 3.63) is 11.6 Å². The van der Waals surface area contributed by atoms with Crippen molar-refractivity contribution in [3.8, 4) is 5.88 Å². The van der Waals surface area contributed by atoms with E-state index < -0.39 is 30.4 Å². The maximum absolute atomic E-state index is 13.0. The first-order valence-electron chi connectivity index (χ1n) is 7.57. The van der Waals surface area contributed by atoms with Crippen molar-refractivity contribution in [2.45, 2.75) is 45.1 Å². The van der Waals surface area contributed by atoms with E-state index >= 15 is 0 Å². The van der Waals surface area contributed by atoms with Gasteiger partial charge in [0.05, 0.1) is 11.6 Å². The first-order valence-corrected chi connectivity index (χ1v) is 7.57. The Hall–Kier alpha value is -1.87. The quantitative estimate of drug-likeness (QED) is 0.774. The molecule has 0 saturated carbocycles. The molecule has 1 aliphatic rings. The van der Waals surface area contributed by atoms with Gasteiger partial charge in [-0.15, -0.1) is 0 Å². The lowest BCUT2D eigenvalue weighted by Gasteiger charge is -2.31. The van der Waals surface area contributed by atoms with Gasteiger partial charge in [0, 0.05) is 18.2 Å². The van der Waals surface area contributed by atoms with Crippen LogP contribution in [0, 0.1) is 5.92 Å². The lowest BCUT2D eigenvalue weighted by atomic mass is 9.93. The van der Waals surface area contributed by atoms with Gasteiger partial charge in [-0.1, -0.05) is 0 Å². The number of fused-ring (bicyclic) bond motifs is 1. The monoisotopic (exact) mass is 371 g/mol. The third-order valence-electron chi connectivity index (χ3n) is 3.41. The van der Waals surface area contributed by atoms with Crippen molar-refractivity contribution >= 4 is 11.5 Å². The fourth-order valence-corrected chi connectivity index (χ4v) is 2.40. The first kappa shape index (κ1) is 19.5. The van der Waals surface area contributed by atoms with Crippen molar-refractivity contribution in [1.29, 1.82) is 0 Å². The van der Waals surface area contributed by atoms with Gasteiger partial charge in [-0.3, -0.25) is 0 Å². The fraction of sp³-hybridized carbons (Fsp3) is 0.667. The predicted octanol–water partition coefficient (Wildman–Crippen LogP) is 4.38. The molecule has 0 spiro atoms. The molecule has 0 saturated heterocycles. The highest BCUT2D eigenvalue weighted by atomic mass is 19.4. The number of anilines is 2. The average molecular weight is 371 g/mol. The number of halogens is 6. The summed E-state index contributed by atoms with van der Waals surface area (Å²) in [7, 11) is 0. The molecule has 0 bridgehead atoms. The molecule has 2 rings (SSSR count). The van der Waals surface area contributed by atoms with Crippen LogP contribution in [0.25, 0.3) is 0 Å². The molecule has 1 unspecified atom stereocenters. The lowest BCUT2D eigenvalue weighted by molar-refractivity contribution is -0.170. The molecule has 1 aliphatic heterocycles. The minimum absolute atomic E-state index is 0.169. The van der Waals surface area contributed by atoms with Crippen LogP contribution in [0.4, 0.5) is 37.8 Å². The van der Waals surface area contributed by atoms with E-state index in [-0.39, 0.29) is 30.2 Å². The summed E-state index contributed by atoms with van der Waals surface area (Å²) in [5, 5.41) is 5.67. The molecule has 0 radical (unpaired) electrons. The molecule has 142 valence electrons. The highest BCUT2D eigenvalue weighted by Crippen LogP contribution is 2.39. The molecule has 2 N–H and O–H groups in total. The summed E-state index contributed by atoms with van der Waals surface area (Å²) in [5.41, 5.74) is 0.0775. The van der Waals surface area contributed by atoms with Gasteiger partial charge in [-0.2, -0.15) is 31.3 Å². The second kappa shape index (κ2) is 6.45. The van der Waals surface area contributed by atoms with Gasteiger partial charge >= 0.3 is 12.4 Å². The molecule has 2 heterocycles. The maximum Gasteiger partial charge on any atom is 0.422 e. The number of alkyl halides is 6. The third-order valence-corrected chi connectivity index (χ3v) is 3.41. The Morgan fingerprint density at radius 3 is 2.36 bits per heavy atom. The van der Waals surface area contributed by atoms with Gasteiger partial charge in [-0.05, 0) is 32.8 Å². The molecule has 1 aromatic rings. The molecule has 10 heteroatoms.